The third kappa shape index (κ3) is 4.11. The largest absolute Gasteiger partial charge is 0.390 e. The minimum Gasteiger partial charge on any atom is -0.390 e. The Kier molecular flexibility index (Phi) is 5.42. The molecule has 6 N–H and O–H groups in total. The number of aldehydes is 1. The predicted octanol–water partition coefficient (Wildman–Crippen LogP) is -3.37. The molecule has 1 fully saturated rings. The number of primary amides is 1. The molecule has 0 saturated carbocycles. The number of nitrogens with two attached hydrogens (primary N) is 1. The highest BCUT2D eigenvalue weighted by molar-refractivity contribution is 7.90. The second-order valence-electron chi connectivity index (χ2n) is 4.33. The van der Waals surface area contributed by atoms with Crippen molar-refractivity contribution in [2.45, 2.75) is 31.0 Å². The van der Waals surface area contributed by atoms with E-state index in [0.717, 1.165) is 0 Å². The first-order valence-corrected chi connectivity index (χ1v) is 7.28. The van der Waals surface area contributed by atoms with Gasteiger partial charge >= 0.3 is 6.03 Å². The molecule has 0 radical (unpaired) electrons. The lowest BCUT2D eigenvalue weighted by atomic mass is 9.89. The summed E-state index contributed by atoms with van der Waals surface area (Å²) in [5.74, 6) is -1.91. The predicted molar refractivity (Wildman–Crippen MR) is 63.6 cm³/mol. The second kappa shape index (κ2) is 6.45. The van der Waals surface area contributed by atoms with Crippen molar-refractivity contribution in [3.63, 3.8) is 0 Å². The molecule has 0 aliphatic carbocycles. The van der Waals surface area contributed by atoms with E-state index in [2.05, 4.69) is 5.73 Å². The van der Waals surface area contributed by atoms with Gasteiger partial charge in [0, 0.05) is 0 Å². The molecule has 116 valence electrons. The minimum atomic E-state index is -4.01. The van der Waals surface area contributed by atoms with Gasteiger partial charge in [0.1, 0.15) is 12.4 Å². The summed E-state index contributed by atoms with van der Waals surface area (Å²) in [6.45, 7) is 0. The van der Waals surface area contributed by atoms with E-state index in [-0.39, 0.29) is 12.7 Å². The van der Waals surface area contributed by atoms with Crippen molar-refractivity contribution in [2.24, 2.45) is 11.7 Å². The SMILES string of the molecule is NC(=O)NS(=O)(=O)CC[C@H]1OC(O)[C@@H](O)[C@@H](C=O)[C@@H]1O. The maximum absolute atomic E-state index is 11.4. The summed E-state index contributed by atoms with van der Waals surface area (Å²) in [5.41, 5.74) is 4.67. The van der Waals surface area contributed by atoms with Crippen LogP contribution in [-0.4, -0.2) is 66.4 Å². The Balaban J connectivity index is 2.68. The van der Waals surface area contributed by atoms with Gasteiger partial charge in [-0.25, -0.2) is 17.9 Å². The Hall–Kier alpha value is -1.27. The van der Waals surface area contributed by atoms with Crippen molar-refractivity contribution in [2.75, 3.05) is 5.75 Å². The number of rotatable bonds is 5. The van der Waals surface area contributed by atoms with Crippen molar-refractivity contribution in [1.82, 2.24) is 4.72 Å². The summed E-state index contributed by atoms with van der Waals surface area (Å²) in [6, 6.07) is -1.25. The quantitative estimate of drug-likeness (QED) is 0.327. The topological polar surface area (TPSA) is 176 Å². The van der Waals surface area contributed by atoms with Crippen LogP contribution in [0.1, 0.15) is 6.42 Å². The number of urea groups is 1. The lowest BCUT2D eigenvalue weighted by Crippen LogP contribution is -2.55. The van der Waals surface area contributed by atoms with Crippen molar-refractivity contribution in [3.05, 3.63) is 0 Å². The van der Waals surface area contributed by atoms with Crippen LogP contribution in [0.25, 0.3) is 0 Å². The molecular weight excluding hydrogens is 296 g/mol. The zero-order chi connectivity index (χ0) is 15.5. The molecule has 0 spiro atoms. The van der Waals surface area contributed by atoms with E-state index in [4.69, 9.17) is 4.74 Å². The number of amides is 2. The minimum absolute atomic E-state index is 0.254. The van der Waals surface area contributed by atoms with E-state index < -0.39 is 52.3 Å². The molecular formula is C9H16N2O8S. The number of aliphatic hydroxyl groups is 3. The third-order valence-corrected chi connectivity index (χ3v) is 4.15. The summed E-state index contributed by atoms with van der Waals surface area (Å²) in [5, 5.41) is 28.5. The zero-order valence-corrected chi connectivity index (χ0v) is 11.1. The van der Waals surface area contributed by atoms with E-state index in [1.807, 2.05) is 0 Å². The van der Waals surface area contributed by atoms with Gasteiger partial charge in [-0.1, -0.05) is 0 Å². The molecule has 1 rings (SSSR count). The Labute approximate surface area is 114 Å². The molecule has 1 aliphatic rings. The van der Waals surface area contributed by atoms with Crippen molar-refractivity contribution >= 4 is 22.3 Å². The highest BCUT2D eigenvalue weighted by Crippen LogP contribution is 2.25. The number of sulfonamides is 1. The molecule has 1 heterocycles. The highest BCUT2D eigenvalue weighted by atomic mass is 32.2. The van der Waals surface area contributed by atoms with Crippen LogP contribution >= 0.6 is 0 Å². The first kappa shape index (κ1) is 16.8. The smallest absolute Gasteiger partial charge is 0.325 e. The molecule has 5 atom stereocenters. The van der Waals surface area contributed by atoms with Crippen LogP contribution in [0.5, 0.6) is 0 Å². The van der Waals surface area contributed by atoms with E-state index in [1.54, 1.807) is 0 Å². The van der Waals surface area contributed by atoms with Gasteiger partial charge in [-0.15, -0.1) is 0 Å². The lowest BCUT2D eigenvalue weighted by molar-refractivity contribution is -0.261. The molecule has 0 aromatic rings. The fourth-order valence-corrected chi connectivity index (χ4v) is 2.81. The molecule has 2 amide bonds. The van der Waals surface area contributed by atoms with Crippen LogP contribution in [0, 0.1) is 5.92 Å². The maximum Gasteiger partial charge on any atom is 0.325 e. The number of carbonyl (C=O) groups excluding carboxylic acids is 2. The summed E-state index contributed by atoms with van der Waals surface area (Å²) >= 11 is 0. The van der Waals surface area contributed by atoms with Crippen LogP contribution in [0.15, 0.2) is 0 Å². The number of carbonyl (C=O) groups is 2. The van der Waals surface area contributed by atoms with Gasteiger partial charge in [0.05, 0.1) is 23.9 Å². The Morgan fingerprint density at radius 1 is 1.30 bits per heavy atom. The van der Waals surface area contributed by atoms with E-state index in [9.17, 15) is 33.3 Å². The maximum atomic E-state index is 11.4. The fraction of sp³-hybridized carbons (Fsp3) is 0.778. The normalized spacial score (nSPS) is 34.5. The van der Waals surface area contributed by atoms with Gasteiger partial charge in [0.25, 0.3) is 0 Å². The van der Waals surface area contributed by atoms with Crippen LogP contribution in [0.3, 0.4) is 0 Å². The molecule has 0 bridgehead atoms. The third-order valence-electron chi connectivity index (χ3n) is 2.86. The summed E-state index contributed by atoms with van der Waals surface area (Å²) < 4.78 is 29.1. The van der Waals surface area contributed by atoms with E-state index in [1.165, 1.54) is 4.72 Å². The Morgan fingerprint density at radius 2 is 1.90 bits per heavy atom. The molecule has 11 heteroatoms. The van der Waals surface area contributed by atoms with Crippen LogP contribution in [-0.2, 0) is 19.6 Å². The highest BCUT2D eigenvalue weighted by Gasteiger charge is 2.43. The van der Waals surface area contributed by atoms with Crippen LogP contribution < -0.4 is 10.5 Å². The van der Waals surface area contributed by atoms with Gasteiger partial charge < -0.3 is 30.6 Å². The summed E-state index contributed by atoms with van der Waals surface area (Å²) in [7, 11) is -4.01. The molecule has 10 nitrogen and oxygen atoms in total. The summed E-state index contributed by atoms with van der Waals surface area (Å²) in [6.07, 6.45) is -6.03. The lowest BCUT2D eigenvalue weighted by Gasteiger charge is -2.38. The number of ether oxygens (including phenoxy) is 1. The van der Waals surface area contributed by atoms with Gasteiger partial charge in [0.2, 0.25) is 10.0 Å². The number of hydrogen-bond donors (Lipinski definition) is 5. The molecule has 1 saturated heterocycles. The number of hydrogen-bond acceptors (Lipinski definition) is 8. The number of aliphatic hydroxyl groups excluding tert-OH is 3. The number of nitrogens with one attached hydrogen (secondary N) is 1. The monoisotopic (exact) mass is 312 g/mol. The standard InChI is InChI=1S/C9H16N2O8S/c10-9(16)11-20(17,18)2-1-5-6(13)4(3-12)7(14)8(15)19-5/h3-8,13-15H,1-2H2,(H3,10,11,16)/t4-,5+,6-,7-,8?/m0/s1. The first-order valence-electron chi connectivity index (χ1n) is 5.63. The Morgan fingerprint density at radius 3 is 2.40 bits per heavy atom. The van der Waals surface area contributed by atoms with Gasteiger partial charge in [-0.05, 0) is 6.42 Å². The summed E-state index contributed by atoms with van der Waals surface area (Å²) in [4.78, 5) is 21.2. The van der Waals surface area contributed by atoms with Gasteiger partial charge in [0.15, 0.2) is 6.29 Å². The Bertz CT molecular complexity index is 467. The van der Waals surface area contributed by atoms with Gasteiger partial charge in [-0.3, -0.25) is 0 Å². The fourth-order valence-electron chi connectivity index (χ4n) is 1.86. The second-order valence-corrected chi connectivity index (χ2v) is 6.18. The van der Waals surface area contributed by atoms with Crippen molar-refractivity contribution < 1.29 is 38.1 Å². The van der Waals surface area contributed by atoms with Crippen molar-refractivity contribution in [3.8, 4) is 0 Å². The average Bonchev–Trinajstić information content (AvgIpc) is 2.31. The first-order chi connectivity index (χ1) is 9.18. The van der Waals surface area contributed by atoms with Gasteiger partial charge in [-0.2, -0.15) is 0 Å². The van der Waals surface area contributed by atoms with Crippen LogP contribution in [0.2, 0.25) is 0 Å². The molecule has 20 heavy (non-hydrogen) atoms. The molecule has 0 aromatic carbocycles. The average molecular weight is 312 g/mol. The molecule has 1 unspecified atom stereocenters. The van der Waals surface area contributed by atoms with Crippen molar-refractivity contribution in [1.29, 1.82) is 0 Å². The zero-order valence-electron chi connectivity index (χ0n) is 10.2. The van der Waals surface area contributed by atoms with E-state index >= 15 is 0 Å². The van der Waals surface area contributed by atoms with E-state index in [0.29, 0.717) is 0 Å². The molecule has 0 aromatic heterocycles. The molecule has 1 aliphatic heterocycles. The van der Waals surface area contributed by atoms with Crippen LogP contribution in [0.4, 0.5) is 4.79 Å².